The van der Waals surface area contributed by atoms with Crippen LogP contribution in [0.15, 0.2) is 0 Å². The van der Waals surface area contributed by atoms with E-state index in [4.69, 9.17) is 9.47 Å². The number of ether oxygens (including phenoxy) is 2. The van der Waals surface area contributed by atoms with Crippen molar-refractivity contribution in [2.75, 3.05) is 0 Å². The summed E-state index contributed by atoms with van der Waals surface area (Å²) in [5.74, 6) is 1.03. The monoisotopic (exact) mass is 362 g/mol. The standard InChI is InChI=1S/C21H30O5/c1-12(22)25-14-8-9-20(2)13(10-14)4-5-15-16-6-7-18(24)26-21(16,3)11-17(23)19(15)20/h13-16,19H,4-11H2,1-3H3. The largest absolute Gasteiger partial charge is 0.463 e. The van der Waals surface area contributed by atoms with E-state index in [9.17, 15) is 14.4 Å². The third-order valence-electron chi connectivity index (χ3n) is 7.98. The predicted molar refractivity (Wildman–Crippen MR) is 94.1 cm³/mol. The van der Waals surface area contributed by atoms with E-state index in [0.29, 0.717) is 30.6 Å². The Morgan fingerprint density at radius 1 is 1.15 bits per heavy atom. The first-order chi connectivity index (χ1) is 12.2. The van der Waals surface area contributed by atoms with E-state index in [2.05, 4.69) is 6.92 Å². The van der Waals surface area contributed by atoms with Gasteiger partial charge in [-0.3, -0.25) is 14.4 Å². The summed E-state index contributed by atoms with van der Waals surface area (Å²) in [5.41, 5.74) is -0.620. The molecule has 0 spiro atoms. The summed E-state index contributed by atoms with van der Waals surface area (Å²) in [4.78, 5) is 36.4. The fourth-order valence-electron chi connectivity index (χ4n) is 6.92. The average molecular weight is 362 g/mol. The third kappa shape index (κ3) is 2.69. The maximum atomic E-state index is 13.2. The third-order valence-corrected chi connectivity index (χ3v) is 7.98. The maximum absolute atomic E-state index is 13.2. The summed E-state index contributed by atoms with van der Waals surface area (Å²) in [5, 5.41) is 0. The summed E-state index contributed by atoms with van der Waals surface area (Å²) in [7, 11) is 0. The lowest BCUT2D eigenvalue weighted by atomic mass is 9.45. The zero-order chi connectivity index (χ0) is 18.7. The van der Waals surface area contributed by atoms with E-state index < -0.39 is 5.60 Å². The maximum Gasteiger partial charge on any atom is 0.306 e. The molecule has 5 nitrogen and oxygen atoms in total. The molecule has 0 bridgehead atoms. The van der Waals surface area contributed by atoms with Gasteiger partial charge in [-0.25, -0.2) is 0 Å². The highest BCUT2D eigenvalue weighted by atomic mass is 16.6. The van der Waals surface area contributed by atoms with Crippen LogP contribution in [0.5, 0.6) is 0 Å². The van der Waals surface area contributed by atoms with Crippen molar-refractivity contribution in [2.24, 2.45) is 29.1 Å². The van der Waals surface area contributed by atoms with Crippen LogP contribution < -0.4 is 0 Å². The second kappa shape index (κ2) is 6.07. The Hall–Kier alpha value is -1.39. The summed E-state index contributed by atoms with van der Waals surface area (Å²) >= 11 is 0. The quantitative estimate of drug-likeness (QED) is 0.668. The van der Waals surface area contributed by atoms with Gasteiger partial charge in [-0.15, -0.1) is 0 Å². The number of carbonyl (C=O) groups is 3. The van der Waals surface area contributed by atoms with Crippen molar-refractivity contribution in [1.29, 1.82) is 0 Å². The second-order valence-electron chi connectivity index (χ2n) is 9.50. The Morgan fingerprint density at radius 3 is 2.65 bits per heavy atom. The van der Waals surface area contributed by atoms with E-state index in [-0.39, 0.29) is 35.2 Å². The van der Waals surface area contributed by atoms with Crippen LogP contribution in [0, 0.1) is 29.1 Å². The Morgan fingerprint density at radius 2 is 1.92 bits per heavy atom. The molecule has 1 heterocycles. The normalized spacial score (nSPS) is 47.9. The van der Waals surface area contributed by atoms with Gasteiger partial charge in [0, 0.05) is 31.6 Å². The lowest BCUT2D eigenvalue weighted by Gasteiger charge is -2.60. The molecule has 4 rings (SSSR count). The van der Waals surface area contributed by atoms with E-state index in [1.165, 1.54) is 6.92 Å². The van der Waals surface area contributed by atoms with Gasteiger partial charge in [0.15, 0.2) is 0 Å². The number of Topliss-reactive ketones (excluding diaryl/α,β-unsaturated/α-hetero) is 1. The lowest BCUT2D eigenvalue weighted by molar-refractivity contribution is -0.203. The van der Waals surface area contributed by atoms with Gasteiger partial charge >= 0.3 is 11.9 Å². The molecule has 3 aliphatic carbocycles. The lowest BCUT2D eigenvalue weighted by Crippen LogP contribution is -2.62. The van der Waals surface area contributed by atoms with Crippen molar-refractivity contribution in [1.82, 2.24) is 0 Å². The Bertz CT molecular complexity index is 642. The molecule has 4 fully saturated rings. The summed E-state index contributed by atoms with van der Waals surface area (Å²) < 4.78 is 11.2. The molecule has 7 atom stereocenters. The summed E-state index contributed by atoms with van der Waals surface area (Å²) in [6.07, 6.45) is 6.44. The van der Waals surface area contributed by atoms with Crippen LogP contribution in [0.4, 0.5) is 0 Å². The molecular formula is C21H30O5. The predicted octanol–water partition coefficient (Wildman–Crippen LogP) is 3.44. The number of ketones is 1. The van der Waals surface area contributed by atoms with Crippen molar-refractivity contribution < 1.29 is 23.9 Å². The van der Waals surface area contributed by atoms with E-state index >= 15 is 0 Å². The molecule has 0 aromatic heterocycles. The van der Waals surface area contributed by atoms with E-state index in [0.717, 1.165) is 38.5 Å². The van der Waals surface area contributed by atoms with Gasteiger partial charge in [0.2, 0.25) is 0 Å². The highest BCUT2D eigenvalue weighted by Crippen LogP contribution is 2.62. The number of fused-ring (bicyclic) bond motifs is 5. The fourth-order valence-corrected chi connectivity index (χ4v) is 6.92. The van der Waals surface area contributed by atoms with Crippen molar-refractivity contribution in [2.45, 2.75) is 83.8 Å². The van der Waals surface area contributed by atoms with Crippen LogP contribution in [0.2, 0.25) is 0 Å². The van der Waals surface area contributed by atoms with Crippen molar-refractivity contribution in [3.05, 3.63) is 0 Å². The molecule has 0 amide bonds. The fraction of sp³-hybridized carbons (Fsp3) is 0.857. The highest BCUT2D eigenvalue weighted by Gasteiger charge is 2.62. The zero-order valence-electron chi connectivity index (χ0n) is 16.1. The first-order valence-electron chi connectivity index (χ1n) is 10.1. The van der Waals surface area contributed by atoms with E-state index in [1.54, 1.807) is 0 Å². The highest BCUT2D eigenvalue weighted by molar-refractivity contribution is 5.85. The number of hydrogen-bond acceptors (Lipinski definition) is 5. The molecule has 144 valence electrons. The molecule has 3 saturated carbocycles. The van der Waals surface area contributed by atoms with Gasteiger partial charge in [-0.2, -0.15) is 0 Å². The van der Waals surface area contributed by atoms with Crippen LogP contribution in [0.3, 0.4) is 0 Å². The first-order valence-corrected chi connectivity index (χ1v) is 10.1. The number of rotatable bonds is 1. The van der Waals surface area contributed by atoms with Gasteiger partial charge < -0.3 is 9.47 Å². The molecule has 7 unspecified atom stereocenters. The molecule has 0 aromatic rings. The molecule has 0 radical (unpaired) electrons. The second-order valence-corrected chi connectivity index (χ2v) is 9.50. The molecule has 0 aromatic carbocycles. The Kier molecular flexibility index (Phi) is 4.20. The van der Waals surface area contributed by atoms with Crippen LogP contribution in [0.25, 0.3) is 0 Å². The minimum Gasteiger partial charge on any atom is -0.463 e. The first kappa shape index (κ1) is 18.0. The number of carbonyl (C=O) groups excluding carboxylic acids is 3. The molecule has 26 heavy (non-hydrogen) atoms. The van der Waals surface area contributed by atoms with Crippen molar-refractivity contribution in [3.63, 3.8) is 0 Å². The van der Waals surface area contributed by atoms with Gasteiger partial charge in [0.1, 0.15) is 17.5 Å². The SMILES string of the molecule is CC(=O)OC1CCC2(C)C(CCC3C4CCC(=O)OC4(C)CC(=O)C32)C1. The molecule has 1 saturated heterocycles. The molecule has 4 aliphatic rings. The summed E-state index contributed by atoms with van der Waals surface area (Å²) in [6, 6.07) is 0. The van der Waals surface area contributed by atoms with Crippen molar-refractivity contribution in [3.8, 4) is 0 Å². The van der Waals surface area contributed by atoms with Gasteiger partial charge in [0.25, 0.3) is 0 Å². The Labute approximate surface area is 155 Å². The van der Waals surface area contributed by atoms with Crippen LogP contribution in [-0.2, 0) is 23.9 Å². The van der Waals surface area contributed by atoms with Gasteiger partial charge in [-0.1, -0.05) is 6.92 Å². The molecule has 0 N–H and O–H groups in total. The van der Waals surface area contributed by atoms with Crippen LogP contribution in [-0.4, -0.2) is 29.4 Å². The number of esters is 2. The minimum absolute atomic E-state index is 0.00159. The number of hydrogen-bond donors (Lipinski definition) is 0. The van der Waals surface area contributed by atoms with Crippen LogP contribution in [0.1, 0.15) is 72.1 Å². The molecule has 5 heteroatoms. The Balaban J connectivity index is 1.59. The molecule has 1 aliphatic heterocycles. The summed E-state index contributed by atoms with van der Waals surface area (Å²) in [6.45, 7) is 5.73. The van der Waals surface area contributed by atoms with Gasteiger partial charge in [0.05, 0.1) is 0 Å². The average Bonchev–Trinajstić information content (AvgIpc) is 2.53. The zero-order valence-corrected chi connectivity index (χ0v) is 16.1. The van der Waals surface area contributed by atoms with Gasteiger partial charge in [-0.05, 0) is 62.7 Å². The van der Waals surface area contributed by atoms with E-state index in [1.807, 2.05) is 6.92 Å². The smallest absolute Gasteiger partial charge is 0.306 e. The van der Waals surface area contributed by atoms with Crippen LogP contribution >= 0.6 is 0 Å². The molecular weight excluding hydrogens is 332 g/mol. The minimum atomic E-state index is -0.605. The topological polar surface area (TPSA) is 69.7 Å². The van der Waals surface area contributed by atoms with Crippen molar-refractivity contribution >= 4 is 17.7 Å².